The molecule has 1 N–H and O–H groups in total. The van der Waals surface area contributed by atoms with Crippen LogP contribution in [0.5, 0.6) is 0 Å². The van der Waals surface area contributed by atoms with Crippen molar-refractivity contribution in [1.29, 1.82) is 0 Å². The van der Waals surface area contributed by atoms with Gasteiger partial charge >= 0.3 is 0 Å². The summed E-state index contributed by atoms with van der Waals surface area (Å²) in [5.74, 6) is 0.812. The van der Waals surface area contributed by atoms with Crippen molar-refractivity contribution < 1.29 is 4.79 Å². The standard InChI is InChI=1S/C15H27N3O/c1-17-8-2-3-14(11-17)16-13-6-9-18(10-7-13)15(19)12-4-5-12/h12-14,16H,2-11H2,1H3. The smallest absolute Gasteiger partial charge is 0.225 e. The maximum absolute atomic E-state index is 12.0. The lowest BCUT2D eigenvalue weighted by Crippen LogP contribution is -2.52. The molecule has 0 aromatic rings. The lowest BCUT2D eigenvalue weighted by molar-refractivity contribution is -0.133. The quantitative estimate of drug-likeness (QED) is 0.829. The molecule has 2 heterocycles. The van der Waals surface area contributed by atoms with Gasteiger partial charge in [0.15, 0.2) is 0 Å². The molecule has 3 rings (SSSR count). The number of likely N-dealkylation sites (tertiary alicyclic amines) is 2. The van der Waals surface area contributed by atoms with Gasteiger partial charge < -0.3 is 15.1 Å². The summed E-state index contributed by atoms with van der Waals surface area (Å²) in [7, 11) is 2.21. The minimum Gasteiger partial charge on any atom is -0.342 e. The number of likely N-dealkylation sites (N-methyl/N-ethyl adjacent to an activating group) is 1. The van der Waals surface area contributed by atoms with Gasteiger partial charge in [0, 0.05) is 37.6 Å². The van der Waals surface area contributed by atoms with Crippen molar-refractivity contribution in [3.05, 3.63) is 0 Å². The van der Waals surface area contributed by atoms with Crippen molar-refractivity contribution in [2.45, 2.75) is 50.6 Å². The van der Waals surface area contributed by atoms with Gasteiger partial charge in [-0.2, -0.15) is 0 Å². The Morgan fingerprint density at radius 1 is 1.00 bits per heavy atom. The molecule has 1 amide bonds. The van der Waals surface area contributed by atoms with Gasteiger partial charge in [0.05, 0.1) is 0 Å². The largest absolute Gasteiger partial charge is 0.342 e. The number of piperidine rings is 2. The van der Waals surface area contributed by atoms with Gasteiger partial charge in [-0.15, -0.1) is 0 Å². The van der Waals surface area contributed by atoms with Gasteiger partial charge in [-0.3, -0.25) is 4.79 Å². The Bertz CT molecular complexity index is 321. The first kappa shape index (κ1) is 13.4. The molecule has 0 bridgehead atoms. The topological polar surface area (TPSA) is 35.6 Å². The molecule has 0 aromatic carbocycles. The molecule has 4 nitrogen and oxygen atoms in total. The Balaban J connectivity index is 1.41. The molecule has 1 unspecified atom stereocenters. The Labute approximate surface area is 116 Å². The average Bonchev–Trinajstić information content (AvgIpc) is 3.23. The molecule has 2 saturated heterocycles. The van der Waals surface area contributed by atoms with Crippen LogP contribution >= 0.6 is 0 Å². The number of nitrogens with one attached hydrogen (secondary N) is 1. The molecule has 3 aliphatic rings. The van der Waals surface area contributed by atoms with Crippen LogP contribution in [0, 0.1) is 5.92 Å². The van der Waals surface area contributed by atoms with Crippen LogP contribution in [0.1, 0.15) is 38.5 Å². The first-order chi connectivity index (χ1) is 9.22. The highest BCUT2D eigenvalue weighted by molar-refractivity contribution is 5.81. The zero-order valence-electron chi connectivity index (χ0n) is 12.1. The molecule has 19 heavy (non-hydrogen) atoms. The normalized spacial score (nSPS) is 30.6. The zero-order chi connectivity index (χ0) is 13.2. The molecule has 1 saturated carbocycles. The highest BCUT2D eigenvalue weighted by atomic mass is 16.2. The molecular weight excluding hydrogens is 238 g/mol. The predicted molar refractivity (Wildman–Crippen MR) is 76.0 cm³/mol. The average molecular weight is 265 g/mol. The van der Waals surface area contributed by atoms with Crippen LogP contribution in [0.4, 0.5) is 0 Å². The molecule has 2 aliphatic heterocycles. The summed E-state index contributed by atoms with van der Waals surface area (Å²) in [5, 5.41) is 3.81. The fourth-order valence-electron chi connectivity index (χ4n) is 3.49. The highest BCUT2D eigenvalue weighted by Gasteiger charge is 2.35. The summed E-state index contributed by atoms with van der Waals surface area (Å²) in [6.45, 7) is 4.36. The van der Waals surface area contributed by atoms with E-state index in [0.29, 0.717) is 23.9 Å². The van der Waals surface area contributed by atoms with Gasteiger partial charge in [-0.25, -0.2) is 0 Å². The van der Waals surface area contributed by atoms with Crippen LogP contribution in [-0.4, -0.2) is 61.0 Å². The molecule has 3 fully saturated rings. The van der Waals surface area contributed by atoms with E-state index in [9.17, 15) is 4.79 Å². The number of rotatable bonds is 3. The van der Waals surface area contributed by atoms with E-state index in [1.165, 1.54) is 25.9 Å². The van der Waals surface area contributed by atoms with Crippen LogP contribution in [0.15, 0.2) is 0 Å². The summed E-state index contributed by atoms with van der Waals surface area (Å²) in [4.78, 5) is 16.5. The minimum atomic E-state index is 0.386. The number of amides is 1. The number of nitrogens with zero attached hydrogens (tertiary/aromatic N) is 2. The van der Waals surface area contributed by atoms with E-state index in [4.69, 9.17) is 0 Å². The van der Waals surface area contributed by atoms with Gasteiger partial charge in [0.1, 0.15) is 0 Å². The van der Waals surface area contributed by atoms with Crippen LogP contribution in [0.2, 0.25) is 0 Å². The van der Waals surface area contributed by atoms with E-state index >= 15 is 0 Å². The summed E-state index contributed by atoms with van der Waals surface area (Å²) < 4.78 is 0. The Morgan fingerprint density at radius 2 is 1.74 bits per heavy atom. The van der Waals surface area contributed by atoms with E-state index in [0.717, 1.165) is 38.8 Å². The van der Waals surface area contributed by atoms with Crippen molar-refractivity contribution in [2.24, 2.45) is 5.92 Å². The Hall–Kier alpha value is -0.610. The van der Waals surface area contributed by atoms with Crippen molar-refractivity contribution in [2.75, 3.05) is 33.2 Å². The van der Waals surface area contributed by atoms with Gasteiger partial charge in [0.2, 0.25) is 5.91 Å². The van der Waals surface area contributed by atoms with Crippen molar-refractivity contribution >= 4 is 5.91 Å². The lowest BCUT2D eigenvalue weighted by Gasteiger charge is -2.37. The van der Waals surface area contributed by atoms with Gasteiger partial charge in [-0.05, 0) is 52.1 Å². The summed E-state index contributed by atoms with van der Waals surface area (Å²) in [6.07, 6.45) is 7.16. The summed E-state index contributed by atoms with van der Waals surface area (Å²) in [6, 6.07) is 1.29. The van der Waals surface area contributed by atoms with E-state index in [2.05, 4.69) is 22.2 Å². The number of carbonyl (C=O) groups excluding carboxylic acids is 1. The number of hydrogen-bond acceptors (Lipinski definition) is 3. The van der Waals surface area contributed by atoms with Crippen LogP contribution in [0.25, 0.3) is 0 Å². The van der Waals surface area contributed by atoms with Gasteiger partial charge in [0.25, 0.3) is 0 Å². The predicted octanol–water partition coefficient (Wildman–Crippen LogP) is 1.07. The molecule has 4 heteroatoms. The van der Waals surface area contributed by atoms with Crippen molar-refractivity contribution in [1.82, 2.24) is 15.1 Å². The molecule has 1 atom stereocenters. The SMILES string of the molecule is CN1CCCC(NC2CCN(C(=O)C3CC3)CC2)C1. The molecule has 0 radical (unpaired) electrons. The first-order valence-corrected chi connectivity index (χ1v) is 7.96. The minimum absolute atomic E-state index is 0.386. The van der Waals surface area contributed by atoms with E-state index in [1.54, 1.807) is 0 Å². The summed E-state index contributed by atoms with van der Waals surface area (Å²) >= 11 is 0. The van der Waals surface area contributed by atoms with E-state index in [1.807, 2.05) is 0 Å². The lowest BCUT2D eigenvalue weighted by atomic mass is 10.00. The van der Waals surface area contributed by atoms with Gasteiger partial charge in [-0.1, -0.05) is 0 Å². The maximum atomic E-state index is 12.0. The van der Waals surface area contributed by atoms with Crippen LogP contribution in [0.3, 0.4) is 0 Å². The van der Waals surface area contributed by atoms with Crippen molar-refractivity contribution in [3.63, 3.8) is 0 Å². The second-order valence-corrected chi connectivity index (χ2v) is 6.64. The molecular formula is C15H27N3O. The fourth-order valence-corrected chi connectivity index (χ4v) is 3.49. The Morgan fingerprint density at radius 3 is 2.37 bits per heavy atom. The summed E-state index contributed by atoms with van der Waals surface area (Å²) in [5.41, 5.74) is 0. The number of carbonyl (C=O) groups is 1. The van der Waals surface area contributed by atoms with E-state index < -0.39 is 0 Å². The van der Waals surface area contributed by atoms with Crippen LogP contribution in [-0.2, 0) is 4.79 Å². The Kier molecular flexibility index (Phi) is 4.08. The fraction of sp³-hybridized carbons (Fsp3) is 0.933. The van der Waals surface area contributed by atoms with Crippen LogP contribution < -0.4 is 5.32 Å². The highest BCUT2D eigenvalue weighted by Crippen LogP contribution is 2.31. The molecule has 0 spiro atoms. The van der Waals surface area contributed by atoms with E-state index in [-0.39, 0.29) is 0 Å². The second-order valence-electron chi connectivity index (χ2n) is 6.64. The second kappa shape index (κ2) is 5.80. The van der Waals surface area contributed by atoms with Crippen molar-refractivity contribution in [3.8, 4) is 0 Å². The molecule has 108 valence electrons. The zero-order valence-corrected chi connectivity index (χ0v) is 12.1. The monoisotopic (exact) mass is 265 g/mol. The third-order valence-electron chi connectivity index (χ3n) is 4.83. The first-order valence-electron chi connectivity index (χ1n) is 7.96. The number of hydrogen-bond donors (Lipinski definition) is 1. The molecule has 0 aromatic heterocycles. The maximum Gasteiger partial charge on any atom is 0.225 e. The third kappa shape index (κ3) is 3.48. The molecule has 1 aliphatic carbocycles. The third-order valence-corrected chi connectivity index (χ3v) is 4.83.